The number of benzene rings is 1. The van der Waals surface area contributed by atoms with E-state index < -0.39 is 0 Å². The van der Waals surface area contributed by atoms with E-state index in [9.17, 15) is 0 Å². The van der Waals surface area contributed by atoms with Gasteiger partial charge in [0.25, 0.3) is 0 Å². The highest BCUT2D eigenvalue weighted by Gasteiger charge is 2.24. The maximum absolute atomic E-state index is 4.55. The summed E-state index contributed by atoms with van der Waals surface area (Å²) in [5.41, 5.74) is 6.81. The minimum atomic E-state index is 0.483. The Morgan fingerprint density at radius 1 is 1.19 bits per heavy atom. The number of aryl methyl sites for hydroxylation is 1. The van der Waals surface area contributed by atoms with Crippen LogP contribution in [-0.4, -0.2) is 55.7 Å². The van der Waals surface area contributed by atoms with Crippen molar-refractivity contribution in [2.75, 3.05) is 44.7 Å². The van der Waals surface area contributed by atoms with Crippen molar-refractivity contribution in [3.8, 4) is 0 Å². The van der Waals surface area contributed by atoms with Crippen molar-refractivity contribution >= 4 is 5.69 Å². The third-order valence-corrected chi connectivity index (χ3v) is 5.67. The van der Waals surface area contributed by atoms with Crippen LogP contribution in [0.15, 0.2) is 36.5 Å². The van der Waals surface area contributed by atoms with Gasteiger partial charge >= 0.3 is 0 Å². The van der Waals surface area contributed by atoms with Crippen molar-refractivity contribution < 1.29 is 0 Å². The quantitative estimate of drug-likeness (QED) is 0.848. The molecule has 1 aromatic carbocycles. The molecule has 144 valence electrons. The van der Waals surface area contributed by atoms with Gasteiger partial charge in [-0.1, -0.05) is 18.2 Å². The fraction of sp³-hybridized carbons (Fsp3) is 0.500. The Kier molecular flexibility index (Phi) is 5.72. The summed E-state index contributed by atoms with van der Waals surface area (Å²) in [5.74, 6) is 0. The molecule has 3 heterocycles. The van der Waals surface area contributed by atoms with Gasteiger partial charge < -0.3 is 15.5 Å². The van der Waals surface area contributed by atoms with E-state index in [4.69, 9.17) is 0 Å². The van der Waals surface area contributed by atoms with Crippen LogP contribution in [0.4, 0.5) is 5.69 Å². The van der Waals surface area contributed by atoms with Crippen molar-refractivity contribution in [2.45, 2.75) is 32.5 Å². The summed E-state index contributed by atoms with van der Waals surface area (Å²) < 4.78 is 0. The van der Waals surface area contributed by atoms with Gasteiger partial charge in [-0.3, -0.25) is 9.88 Å². The molecule has 0 bridgehead atoms. The minimum Gasteiger partial charge on any atom is -0.369 e. The lowest BCUT2D eigenvalue weighted by Gasteiger charge is -2.36. The first-order valence-electron chi connectivity index (χ1n) is 10.1. The minimum absolute atomic E-state index is 0.483. The Morgan fingerprint density at radius 2 is 2.04 bits per heavy atom. The summed E-state index contributed by atoms with van der Waals surface area (Å²) in [6, 6.07) is 11.6. The number of likely N-dealkylation sites (N-methyl/N-ethyl adjacent to an activating group) is 1. The van der Waals surface area contributed by atoms with Gasteiger partial charge in [0.1, 0.15) is 0 Å². The molecule has 2 N–H and O–H groups in total. The molecule has 1 atom stereocenters. The van der Waals surface area contributed by atoms with Gasteiger partial charge in [0.2, 0.25) is 0 Å². The molecule has 1 aromatic heterocycles. The molecule has 2 aliphatic heterocycles. The van der Waals surface area contributed by atoms with Gasteiger partial charge in [-0.2, -0.15) is 0 Å². The first-order chi connectivity index (χ1) is 13.2. The SMILES string of the molecule is Cc1ccc(CN(C)CC2Cc3c(cccc3N3CCNCC3)CN2)nc1. The molecule has 4 rings (SSSR count). The summed E-state index contributed by atoms with van der Waals surface area (Å²) in [4.78, 5) is 9.48. The van der Waals surface area contributed by atoms with E-state index >= 15 is 0 Å². The largest absolute Gasteiger partial charge is 0.369 e. The van der Waals surface area contributed by atoms with E-state index in [0.717, 1.165) is 57.9 Å². The van der Waals surface area contributed by atoms with Crippen LogP contribution >= 0.6 is 0 Å². The van der Waals surface area contributed by atoms with Crippen LogP contribution in [0.25, 0.3) is 0 Å². The first kappa shape index (κ1) is 18.4. The third-order valence-electron chi connectivity index (χ3n) is 5.67. The molecule has 2 aromatic rings. The molecule has 0 aliphatic carbocycles. The Bertz CT molecular complexity index is 752. The molecule has 2 aliphatic rings. The Labute approximate surface area is 162 Å². The Balaban J connectivity index is 1.42. The number of fused-ring (bicyclic) bond motifs is 1. The molecule has 1 saturated heterocycles. The average Bonchev–Trinajstić information content (AvgIpc) is 2.70. The number of piperazine rings is 1. The molecule has 0 saturated carbocycles. The summed E-state index contributed by atoms with van der Waals surface area (Å²) in [6.45, 7) is 9.35. The van der Waals surface area contributed by atoms with E-state index in [-0.39, 0.29) is 0 Å². The van der Waals surface area contributed by atoms with Gasteiger partial charge in [0.05, 0.1) is 5.69 Å². The number of pyridine rings is 1. The number of anilines is 1. The molecule has 27 heavy (non-hydrogen) atoms. The first-order valence-corrected chi connectivity index (χ1v) is 10.1. The van der Waals surface area contributed by atoms with Crippen LogP contribution in [0, 0.1) is 6.92 Å². The molecular weight excluding hydrogens is 334 g/mol. The normalized spacial score (nSPS) is 20.0. The summed E-state index contributed by atoms with van der Waals surface area (Å²) >= 11 is 0. The van der Waals surface area contributed by atoms with Gasteiger partial charge in [0, 0.05) is 63.7 Å². The highest BCUT2D eigenvalue weighted by Crippen LogP contribution is 2.28. The fourth-order valence-corrected chi connectivity index (χ4v) is 4.24. The van der Waals surface area contributed by atoms with E-state index in [0.29, 0.717) is 6.04 Å². The molecule has 0 amide bonds. The topological polar surface area (TPSA) is 43.4 Å². The van der Waals surface area contributed by atoms with Crippen molar-refractivity contribution in [1.29, 1.82) is 0 Å². The van der Waals surface area contributed by atoms with Gasteiger partial charge in [0.15, 0.2) is 0 Å². The highest BCUT2D eigenvalue weighted by molar-refractivity contribution is 5.58. The Morgan fingerprint density at radius 3 is 2.81 bits per heavy atom. The Hall–Kier alpha value is -1.95. The fourth-order valence-electron chi connectivity index (χ4n) is 4.24. The van der Waals surface area contributed by atoms with Crippen molar-refractivity contribution in [3.05, 3.63) is 58.9 Å². The van der Waals surface area contributed by atoms with Crippen LogP contribution in [-0.2, 0) is 19.5 Å². The van der Waals surface area contributed by atoms with E-state index in [1.165, 1.54) is 16.8 Å². The summed E-state index contributed by atoms with van der Waals surface area (Å²) in [5, 5.41) is 7.20. The number of hydrogen-bond acceptors (Lipinski definition) is 5. The van der Waals surface area contributed by atoms with Crippen LogP contribution in [0.2, 0.25) is 0 Å². The molecule has 0 spiro atoms. The maximum Gasteiger partial charge on any atom is 0.0544 e. The zero-order chi connectivity index (χ0) is 18.6. The average molecular weight is 366 g/mol. The van der Waals surface area contributed by atoms with Crippen molar-refractivity contribution in [2.24, 2.45) is 0 Å². The monoisotopic (exact) mass is 365 g/mol. The lowest BCUT2D eigenvalue weighted by molar-refractivity contribution is 0.271. The second-order valence-corrected chi connectivity index (χ2v) is 7.96. The molecule has 5 heteroatoms. The van der Waals surface area contributed by atoms with Crippen molar-refractivity contribution in [3.63, 3.8) is 0 Å². The standard InChI is InChI=1S/C22H31N5/c1-17-6-7-19(24-13-17)15-26(2)16-20-12-21-18(14-25-20)4-3-5-22(21)27-10-8-23-9-11-27/h3-7,13,20,23,25H,8-12,14-16H2,1-2H3. The zero-order valence-corrected chi connectivity index (χ0v) is 16.5. The molecular formula is C22H31N5. The number of rotatable bonds is 5. The van der Waals surface area contributed by atoms with Crippen LogP contribution < -0.4 is 15.5 Å². The second-order valence-electron chi connectivity index (χ2n) is 7.96. The predicted octanol–water partition coefficient (Wildman–Crippen LogP) is 1.95. The third kappa shape index (κ3) is 4.49. The predicted molar refractivity (Wildman–Crippen MR) is 111 cm³/mol. The van der Waals surface area contributed by atoms with Crippen LogP contribution in [0.3, 0.4) is 0 Å². The lowest BCUT2D eigenvalue weighted by Crippen LogP contribution is -2.46. The number of aromatic nitrogens is 1. The van der Waals surface area contributed by atoms with Gasteiger partial charge in [-0.15, -0.1) is 0 Å². The van der Waals surface area contributed by atoms with Crippen LogP contribution in [0.1, 0.15) is 22.4 Å². The number of hydrogen-bond donors (Lipinski definition) is 2. The maximum atomic E-state index is 4.55. The van der Waals surface area contributed by atoms with Crippen LogP contribution in [0.5, 0.6) is 0 Å². The molecule has 1 unspecified atom stereocenters. The van der Waals surface area contributed by atoms with E-state index in [2.05, 4.69) is 69.7 Å². The number of nitrogens with one attached hydrogen (secondary N) is 2. The lowest BCUT2D eigenvalue weighted by atomic mass is 9.93. The molecule has 1 fully saturated rings. The van der Waals surface area contributed by atoms with Gasteiger partial charge in [-0.05, 0) is 49.2 Å². The summed E-state index contributed by atoms with van der Waals surface area (Å²) in [6.07, 6.45) is 3.05. The van der Waals surface area contributed by atoms with Gasteiger partial charge in [-0.25, -0.2) is 0 Å². The van der Waals surface area contributed by atoms with Crippen molar-refractivity contribution in [1.82, 2.24) is 20.5 Å². The highest BCUT2D eigenvalue weighted by atomic mass is 15.2. The second kappa shape index (κ2) is 8.38. The molecule has 5 nitrogen and oxygen atoms in total. The number of nitrogens with zero attached hydrogens (tertiary/aromatic N) is 3. The summed E-state index contributed by atoms with van der Waals surface area (Å²) in [7, 11) is 2.20. The molecule has 0 radical (unpaired) electrons. The van der Waals surface area contributed by atoms with E-state index in [1.807, 2.05) is 6.20 Å². The smallest absolute Gasteiger partial charge is 0.0544 e. The zero-order valence-electron chi connectivity index (χ0n) is 16.5. The van der Waals surface area contributed by atoms with E-state index in [1.54, 1.807) is 5.56 Å².